The molecule has 2 aromatic rings. The van der Waals surface area contributed by atoms with E-state index in [0.29, 0.717) is 5.56 Å². The van der Waals surface area contributed by atoms with Crippen LogP contribution in [0, 0.1) is 11.9 Å². The van der Waals surface area contributed by atoms with Gasteiger partial charge in [-0.3, -0.25) is 0 Å². The summed E-state index contributed by atoms with van der Waals surface area (Å²) in [5, 5.41) is 0. The van der Waals surface area contributed by atoms with Crippen LogP contribution in [0.2, 0.25) is 0 Å². The molecule has 1 nitrogen and oxygen atoms in total. The zero-order valence-corrected chi connectivity index (χ0v) is 9.46. The van der Waals surface area contributed by atoms with Gasteiger partial charge < -0.3 is 4.98 Å². The van der Waals surface area contributed by atoms with Crippen molar-refractivity contribution in [2.75, 3.05) is 0 Å². The molecule has 0 fully saturated rings. The molecule has 0 bridgehead atoms. The van der Waals surface area contributed by atoms with E-state index in [1.807, 2.05) is 18.2 Å². The van der Waals surface area contributed by atoms with Crippen molar-refractivity contribution < 1.29 is 25.5 Å². The predicted molar refractivity (Wildman–Crippen MR) is 48.5 cm³/mol. The second-order valence-corrected chi connectivity index (χ2v) is 2.64. The molecule has 0 saturated carbocycles. The zero-order chi connectivity index (χ0) is 9.10. The maximum Gasteiger partial charge on any atom is 0.0418 e. The van der Waals surface area contributed by atoms with E-state index in [4.69, 9.17) is 0 Å². The van der Waals surface area contributed by atoms with E-state index in [0.717, 1.165) is 5.69 Å². The van der Waals surface area contributed by atoms with E-state index >= 15 is 0 Å². The summed E-state index contributed by atoms with van der Waals surface area (Å²) < 4.78 is 12.8. The van der Waals surface area contributed by atoms with Gasteiger partial charge in [0.1, 0.15) is 0 Å². The summed E-state index contributed by atoms with van der Waals surface area (Å²) in [6.45, 7) is 0. The number of nitrogens with zero attached hydrogens (tertiary/aromatic N) is 1. The van der Waals surface area contributed by atoms with E-state index in [9.17, 15) is 4.39 Å². The molecule has 0 aliphatic carbocycles. The van der Waals surface area contributed by atoms with Crippen molar-refractivity contribution in [3.05, 3.63) is 54.5 Å². The van der Waals surface area contributed by atoms with Gasteiger partial charge in [-0.25, -0.2) is 4.39 Å². The van der Waals surface area contributed by atoms with E-state index in [1.165, 1.54) is 12.1 Å². The Bertz CT molecular complexity index is 403. The average Bonchev–Trinajstić information content (AvgIpc) is 2.19. The number of halogens is 1. The fourth-order valence-corrected chi connectivity index (χ4v) is 1.11. The van der Waals surface area contributed by atoms with Crippen LogP contribution in [0.15, 0.2) is 42.6 Å². The Morgan fingerprint density at radius 3 is 2.71 bits per heavy atom. The molecular formula is C11H7FNPt-. The number of pyridine rings is 1. The number of benzene rings is 1. The van der Waals surface area contributed by atoms with Crippen LogP contribution in [0.3, 0.4) is 0 Å². The van der Waals surface area contributed by atoms with E-state index < -0.39 is 0 Å². The number of aromatic nitrogens is 1. The number of hydrogen-bond acceptors (Lipinski definition) is 1. The van der Waals surface area contributed by atoms with E-state index in [-0.39, 0.29) is 26.9 Å². The summed E-state index contributed by atoms with van der Waals surface area (Å²) in [5.74, 6) is -0.264. The monoisotopic (exact) mass is 367 g/mol. The van der Waals surface area contributed by atoms with Gasteiger partial charge in [0.2, 0.25) is 0 Å². The molecule has 0 spiro atoms. The normalized spacial score (nSPS) is 9.21. The third kappa shape index (κ3) is 2.49. The van der Waals surface area contributed by atoms with Crippen LogP contribution in [0.1, 0.15) is 0 Å². The van der Waals surface area contributed by atoms with Gasteiger partial charge >= 0.3 is 0 Å². The standard InChI is InChI=1S/C11H7FN.Pt/c12-10-5-3-4-9(8-10)11-6-1-2-7-13-11;/h1-3,5-8H;/q-1;. The van der Waals surface area contributed by atoms with Crippen LogP contribution in [-0.2, 0) is 21.1 Å². The molecule has 0 radical (unpaired) electrons. The van der Waals surface area contributed by atoms with Crippen LogP contribution in [-0.4, -0.2) is 4.98 Å². The first-order valence-electron chi connectivity index (χ1n) is 3.95. The summed E-state index contributed by atoms with van der Waals surface area (Å²) in [4.78, 5) is 4.09. The molecule has 2 rings (SSSR count). The average molecular weight is 367 g/mol. The van der Waals surface area contributed by atoms with Crippen LogP contribution < -0.4 is 0 Å². The molecule has 0 aliphatic heterocycles. The fourth-order valence-electron chi connectivity index (χ4n) is 1.11. The van der Waals surface area contributed by atoms with E-state index in [1.54, 1.807) is 12.3 Å². The smallest absolute Gasteiger partial charge is 0.0418 e. The van der Waals surface area contributed by atoms with Gasteiger partial charge in [0.15, 0.2) is 0 Å². The third-order valence-electron chi connectivity index (χ3n) is 1.70. The van der Waals surface area contributed by atoms with Crippen molar-refractivity contribution >= 4 is 0 Å². The third-order valence-corrected chi connectivity index (χ3v) is 1.70. The Morgan fingerprint density at radius 2 is 2.07 bits per heavy atom. The zero-order valence-electron chi connectivity index (χ0n) is 7.18. The van der Waals surface area contributed by atoms with Gasteiger partial charge in [0, 0.05) is 33.1 Å². The number of rotatable bonds is 1. The van der Waals surface area contributed by atoms with Crippen molar-refractivity contribution in [3.63, 3.8) is 0 Å². The molecule has 0 unspecified atom stereocenters. The second kappa shape index (κ2) is 5.02. The fraction of sp³-hybridized carbons (Fsp3) is 0. The Labute approximate surface area is 96.3 Å². The van der Waals surface area contributed by atoms with Crippen LogP contribution in [0.25, 0.3) is 11.3 Å². The van der Waals surface area contributed by atoms with Crippen molar-refractivity contribution in [3.8, 4) is 11.3 Å². The maximum atomic E-state index is 12.8. The first kappa shape index (κ1) is 11.1. The Balaban J connectivity index is 0.000000980. The summed E-state index contributed by atoms with van der Waals surface area (Å²) in [6, 6.07) is 12.8. The first-order valence-corrected chi connectivity index (χ1v) is 3.95. The predicted octanol–water partition coefficient (Wildman–Crippen LogP) is 2.69. The molecule has 3 heteroatoms. The molecule has 74 valence electrons. The van der Waals surface area contributed by atoms with Gasteiger partial charge in [-0.05, 0) is 11.8 Å². The molecule has 0 N–H and O–H groups in total. The van der Waals surface area contributed by atoms with Crippen LogP contribution >= 0.6 is 0 Å². The molecule has 0 saturated heterocycles. The molecule has 1 aromatic carbocycles. The van der Waals surface area contributed by atoms with Gasteiger partial charge in [0.25, 0.3) is 0 Å². The van der Waals surface area contributed by atoms with Crippen LogP contribution in [0.4, 0.5) is 4.39 Å². The van der Waals surface area contributed by atoms with Crippen molar-refractivity contribution in [1.29, 1.82) is 0 Å². The minimum atomic E-state index is -0.264. The molecule has 0 aliphatic rings. The molecule has 0 atom stereocenters. The molecule has 0 amide bonds. The van der Waals surface area contributed by atoms with Gasteiger partial charge in [-0.1, -0.05) is 12.1 Å². The summed E-state index contributed by atoms with van der Waals surface area (Å²) in [7, 11) is 0. The molecular weight excluding hydrogens is 360 g/mol. The summed E-state index contributed by atoms with van der Waals surface area (Å²) in [5.41, 5.74) is 1.42. The van der Waals surface area contributed by atoms with Crippen molar-refractivity contribution in [1.82, 2.24) is 4.98 Å². The Kier molecular flexibility index (Phi) is 3.96. The van der Waals surface area contributed by atoms with Crippen molar-refractivity contribution in [2.45, 2.75) is 0 Å². The molecule has 1 heterocycles. The van der Waals surface area contributed by atoms with Gasteiger partial charge in [-0.15, -0.1) is 29.8 Å². The Hall–Kier alpha value is -1.01. The minimum Gasteiger partial charge on any atom is -0.305 e. The number of hydrogen-bond donors (Lipinski definition) is 0. The van der Waals surface area contributed by atoms with Gasteiger partial charge in [-0.2, -0.15) is 0 Å². The topological polar surface area (TPSA) is 12.9 Å². The summed E-state index contributed by atoms with van der Waals surface area (Å²) in [6.07, 6.45) is 1.67. The second-order valence-electron chi connectivity index (χ2n) is 2.64. The minimum absolute atomic E-state index is 0. The molecule has 1 aromatic heterocycles. The van der Waals surface area contributed by atoms with Crippen LogP contribution in [0.5, 0.6) is 0 Å². The quantitative estimate of drug-likeness (QED) is 0.707. The first-order chi connectivity index (χ1) is 6.36. The molecule has 14 heavy (non-hydrogen) atoms. The van der Waals surface area contributed by atoms with Gasteiger partial charge in [0.05, 0.1) is 0 Å². The largest absolute Gasteiger partial charge is 0.305 e. The maximum absolute atomic E-state index is 12.8. The summed E-state index contributed by atoms with van der Waals surface area (Å²) >= 11 is 0. The van der Waals surface area contributed by atoms with E-state index in [2.05, 4.69) is 11.1 Å². The van der Waals surface area contributed by atoms with Crippen molar-refractivity contribution in [2.24, 2.45) is 0 Å². The SMILES string of the molecule is Fc1cc[c-]c(-c2ccccn2)c1.[Pt]. The Morgan fingerprint density at radius 1 is 1.21 bits per heavy atom.